The average Bonchev–Trinajstić information content (AvgIpc) is 3.05. The van der Waals surface area contributed by atoms with Crippen LogP contribution in [0.15, 0.2) is 28.4 Å². The lowest BCUT2D eigenvalue weighted by Crippen LogP contribution is -2.28. The molecule has 2 aromatic rings. The minimum Gasteiger partial charge on any atom is -0.568 e. The highest BCUT2D eigenvalue weighted by Crippen LogP contribution is 2.45. The van der Waals surface area contributed by atoms with Crippen LogP contribution in [0, 0.1) is 13.1 Å². The van der Waals surface area contributed by atoms with Crippen molar-refractivity contribution in [3.63, 3.8) is 0 Å². The molecule has 1 aromatic heterocycles. The van der Waals surface area contributed by atoms with Gasteiger partial charge in [0.05, 0.1) is 19.3 Å². The summed E-state index contributed by atoms with van der Waals surface area (Å²) in [5, 5.41) is 7.89. The van der Waals surface area contributed by atoms with Crippen LogP contribution in [0.25, 0.3) is 14.4 Å². The van der Waals surface area contributed by atoms with Crippen LogP contribution in [0.2, 0.25) is 0 Å². The smallest absolute Gasteiger partial charge is 0.483 e. The lowest BCUT2D eigenvalue weighted by molar-refractivity contribution is -0.0425. The van der Waals surface area contributed by atoms with E-state index in [4.69, 9.17) is 13.1 Å². The number of aromatic nitrogens is 1. The molecule has 0 bridgehead atoms. The predicted octanol–water partition coefficient (Wildman–Crippen LogP) is 6.17. The van der Waals surface area contributed by atoms with Crippen LogP contribution in [-0.2, 0) is 23.5 Å². The Morgan fingerprint density at radius 3 is 2.47 bits per heavy atom. The topological polar surface area (TPSA) is 89.8 Å². The van der Waals surface area contributed by atoms with Crippen molar-refractivity contribution in [2.24, 2.45) is 17.3 Å². The first-order valence-corrected chi connectivity index (χ1v) is 10.8. The maximum absolute atomic E-state index is 13.0. The zero-order valence-corrected chi connectivity index (χ0v) is 17.9. The summed E-state index contributed by atoms with van der Waals surface area (Å²) in [4.78, 5) is 8.40. The van der Waals surface area contributed by atoms with Crippen LogP contribution in [0.4, 0.5) is 47.6 Å². The van der Waals surface area contributed by atoms with Crippen molar-refractivity contribution in [2.75, 3.05) is 18.0 Å². The van der Waals surface area contributed by atoms with E-state index in [1.165, 1.54) is 29.8 Å². The largest absolute Gasteiger partial charge is 0.568 e. The van der Waals surface area contributed by atoms with Crippen LogP contribution in [-0.4, -0.2) is 31.6 Å². The summed E-state index contributed by atoms with van der Waals surface area (Å²) >= 11 is 0. The highest BCUT2D eigenvalue weighted by atomic mass is 32.2. The van der Waals surface area contributed by atoms with Gasteiger partial charge >= 0.3 is 5.51 Å². The third-order valence-electron chi connectivity index (χ3n) is 4.93. The number of halogens is 3. The average molecular weight is 464 g/mol. The molecule has 168 valence electrons. The monoisotopic (exact) mass is 464 g/mol. The molecule has 9 nitrogen and oxygen atoms in total. The van der Waals surface area contributed by atoms with Gasteiger partial charge in [-0.3, -0.25) is 4.57 Å². The standard InChI is InChI=1S/C19H17F3N7O2S/c1-5-29-8-6-7-12-9-13(14(10-16(12)29)27-32(30,31)19(20,21)22)25-26-17-11-15(23-2)18(24-3)28(17)4/h9-11H,5-8H2,1,4H3/q-1. The Morgan fingerprint density at radius 2 is 1.91 bits per heavy atom. The summed E-state index contributed by atoms with van der Waals surface area (Å²) in [6, 6.07) is 4.06. The van der Waals surface area contributed by atoms with Crippen molar-refractivity contribution in [3.05, 3.63) is 51.3 Å². The number of rotatable bonds is 5. The summed E-state index contributed by atoms with van der Waals surface area (Å²) in [7, 11) is -4.32. The molecule has 32 heavy (non-hydrogen) atoms. The molecule has 0 radical (unpaired) electrons. The van der Waals surface area contributed by atoms with Crippen LogP contribution < -0.4 is 4.90 Å². The molecule has 0 fully saturated rings. The number of aryl methyl sites for hydroxylation is 1. The maximum atomic E-state index is 13.0. The third-order valence-corrected chi connectivity index (χ3v) is 5.95. The lowest BCUT2D eigenvalue weighted by Gasteiger charge is -2.33. The van der Waals surface area contributed by atoms with Crippen molar-refractivity contribution in [1.29, 1.82) is 0 Å². The quantitative estimate of drug-likeness (QED) is 0.391. The lowest BCUT2D eigenvalue weighted by atomic mass is 10.0. The molecule has 1 aromatic carbocycles. The third kappa shape index (κ3) is 4.24. The SMILES string of the molecule is [C-]#[N+]c1cc(N=Nc2cc3c(cc2[N-]S(=O)(=O)C(F)(F)F)N(CC)CCC3)n(C)c1[N+]#[C-]. The number of azo groups is 1. The summed E-state index contributed by atoms with van der Waals surface area (Å²) in [6.45, 7) is 17.4. The minimum absolute atomic E-state index is 0.0301. The van der Waals surface area contributed by atoms with Crippen LogP contribution in [0.5, 0.6) is 0 Å². The molecule has 0 N–H and O–H groups in total. The van der Waals surface area contributed by atoms with Gasteiger partial charge in [-0.2, -0.15) is 13.2 Å². The summed E-state index contributed by atoms with van der Waals surface area (Å²) in [5.74, 6) is 0.141. The molecule has 0 amide bonds. The van der Waals surface area contributed by atoms with Gasteiger partial charge in [0, 0.05) is 24.8 Å². The molecule has 1 aliphatic rings. The second-order valence-electron chi connectivity index (χ2n) is 6.86. The number of fused-ring (bicyclic) bond motifs is 1. The zero-order chi connectivity index (χ0) is 23.7. The fourth-order valence-electron chi connectivity index (χ4n) is 3.33. The van der Waals surface area contributed by atoms with E-state index in [0.29, 0.717) is 25.2 Å². The number of hydrogen-bond acceptors (Lipinski definition) is 5. The first kappa shape index (κ1) is 23.1. The van der Waals surface area contributed by atoms with Gasteiger partial charge in [-0.15, -0.1) is 10.2 Å². The highest BCUT2D eigenvalue weighted by molar-refractivity contribution is 7.95. The van der Waals surface area contributed by atoms with Gasteiger partial charge in [-0.05, 0) is 31.4 Å². The molecular weight excluding hydrogens is 447 g/mol. The molecule has 0 spiro atoms. The van der Waals surface area contributed by atoms with E-state index >= 15 is 0 Å². The van der Waals surface area contributed by atoms with Gasteiger partial charge in [0.1, 0.15) is 0 Å². The Balaban J connectivity index is 2.12. The van der Waals surface area contributed by atoms with Crippen molar-refractivity contribution >= 4 is 44.4 Å². The Bertz CT molecular complexity index is 1270. The van der Waals surface area contributed by atoms with Crippen LogP contribution in [0.1, 0.15) is 18.9 Å². The van der Waals surface area contributed by atoms with E-state index in [2.05, 4.69) is 24.6 Å². The summed E-state index contributed by atoms with van der Waals surface area (Å²) in [5.41, 5.74) is -4.79. The number of sulfonamides is 1. The van der Waals surface area contributed by atoms with Crippen molar-refractivity contribution in [2.45, 2.75) is 25.3 Å². The molecule has 3 rings (SSSR count). The molecule has 13 heteroatoms. The maximum Gasteiger partial charge on any atom is 0.483 e. The van der Waals surface area contributed by atoms with E-state index in [1.807, 2.05) is 11.8 Å². The van der Waals surface area contributed by atoms with E-state index in [-0.39, 0.29) is 23.0 Å². The Hall–Kier alpha value is -3.58. The number of anilines is 1. The molecule has 0 unspecified atom stereocenters. The number of hydrogen-bond donors (Lipinski definition) is 0. The number of benzene rings is 1. The van der Waals surface area contributed by atoms with Gasteiger partial charge in [0.2, 0.25) is 17.3 Å². The molecule has 0 saturated heterocycles. The van der Waals surface area contributed by atoms with Crippen molar-refractivity contribution in [3.8, 4) is 0 Å². The van der Waals surface area contributed by atoms with Crippen LogP contribution in [0.3, 0.4) is 0 Å². The van der Waals surface area contributed by atoms with Gasteiger partial charge < -0.3 is 14.5 Å². The van der Waals surface area contributed by atoms with Crippen molar-refractivity contribution in [1.82, 2.24) is 4.57 Å². The number of nitrogens with zero attached hydrogens (tertiary/aromatic N) is 7. The van der Waals surface area contributed by atoms with E-state index in [0.717, 1.165) is 12.0 Å². The first-order valence-electron chi connectivity index (χ1n) is 9.35. The molecule has 0 saturated carbocycles. The van der Waals surface area contributed by atoms with Crippen molar-refractivity contribution < 1.29 is 21.6 Å². The van der Waals surface area contributed by atoms with E-state index in [1.54, 1.807) is 0 Å². The molecule has 2 heterocycles. The normalized spacial score (nSPS) is 14.2. The van der Waals surface area contributed by atoms with Crippen LogP contribution >= 0.6 is 0 Å². The fraction of sp³-hybridized carbons (Fsp3) is 0.368. The summed E-state index contributed by atoms with van der Waals surface area (Å²) in [6.07, 6.45) is 1.45. The Morgan fingerprint density at radius 1 is 1.19 bits per heavy atom. The summed E-state index contributed by atoms with van der Waals surface area (Å²) < 4.78 is 66.6. The Kier molecular flexibility index (Phi) is 6.14. The van der Waals surface area contributed by atoms with E-state index < -0.39 is 21.2 Å². The van der Waals surface area contributed by atoms with Gasteiger partial charge in [0.15, 0.2) is 10.0 Å². The molecule has 0 aliphatic carbocycles. The second-order valence-corrected chi connectivity index (χ2v) is 8.45. The fourth-order valence-corrected chi connectivity index (χ4v) is 3.84. The Labute approximate surface area is 182 Å². The van der Waals surface area contributed by atoms with Gasteiger partial charge in [0.25, 0.3) is 0 Å². The second kappa shape index (κ2) is 8.51. The first-order chi connectivity index (χ1) is 15.0. The minimum atomic E-state index is -5.81. The molecule has 0 atom stereocenters. The van der Waals surface area contributed by atoms with E-state index in [9.17, 15) is 21.6 Å². The number of alkyl halides is 3. The molecule has 1 aliphatic heterocycles. The zero-order valence-electron chi connectivity index (χ0n) is 17.0. The van der Waals surface area contributed by atoms with Gasteiger partial charge in [-0.1, -0.05) is 18.3 Å². The molecular formula is C19H17F3N7O2S-. The van der Waals surface area contributed by atoms with Gasteiger partial charge in [-0.25, -0.2) is 13.3 Å². The highest BCUT2D eigenvalue weighted by Gasteiger charge is 2.39. The predicted molar refractivity (Wildman–Crippen MR) is 113 cm³/mol.